The summed E-state index contributed by atoms with van der Waals surface area (Å²) in [7, 11) is 3.19. The van der Waals surface area contributed by atoms with E-state index in [1.165, 1.54) is 7.11 Å². The van der Waals surface area contributed by atoms with E-state index >= 15 is 0 Å². The highest BCUT2D eigenvalue weighted by Gasteiger charge is 2.31. The van der Waals surface area contributed by atoms with Gasteiger partial charge >= 0.3 is 5.97 Å². The van der Waals surface area contributed by atoms with Gasteiger partial charge in [0.25, 0.3) is 0 Å². The third-order valence-electron chi connectivity index (χ3n) is 3.23. The number of unbranched alkanes of at least 4 members (excludes halogenated alkanes) is 1. The number of nitrogens with one attached hydrogen (secondary N) is 1. The Bertz CT molecular complexity index is 258. The minimum Gasteiger partial charge on any atom is -0.468 e. The standard InChI is InChI=1S/C15H31NO4/c1-13(2)12-20-11-10-19-9-7-6-8-15(3,16-4)14(17)18-5/h13,16H,6-12H2,1-5H3. The summed E-state index contributed by atoms with van der Waals surface area (Å²) in [6, 6.07) is 0. The van der Waals surface area contributed by atoms with Crippen molar-refractivity contribution in [3.05, 3.63) is 0 Å². The maximum absolute atomic E-state index is 11.6. The molecule has 0 saturated heterocycles. The molecule has 20 heavy (non-hydrogen) atoms. The zero-order chi connectivity index (χ0) is 15.4. The Balaban J connectivity index is 3.54. The first kappa shape index (κ1) is 19.4. The molecule has 0 aliphatic rings. The van der Waals surface area contributed by atoms with Crippen molar-refractivity contribution in [2.75, 3.05) is 40.6 Å². The van der Waals surface area contributed by atoms with Crippen LogP contribution in [0.4, 0.5) is 0 Å². The third kappa shape index (κ3) is 8.51. The molecule has 0 aromatic carbocycles. The van der Waals surface area contributed by atoms with Crippen molar-refractivity contribution in [3.8, 4) is 0 Å². The molecule has 0 aromatic heterocycles. The minimum atomic E-state index is -0.602. The lowest BCUT2D eigenvalue weighted by atomic mass is 9.95. The lowest BCUT2D eigenvalue weighted by Crippen LogP contribution is -2.48. The molecule has 0 rings (SSSR count). The van der Waals surface area contributed by atoms with E-state index in [2.05, 4.69) is 19.2 Å². The van der Waals surface area contributed by atoms with Gasteiger partial charge in [-0.25, -0.2) is 0 Å². The molecule has 0 amide bonds. The summed E-state index contributed by atoms with van der Waals surface area (Å²) in [5.41, 5.74) is -0.602. The summed E-state index contributed by atoms with van der Waals surface area (Å²) in [5.74, 6) is 0.343. The number of methoxy groups -OCH3 is 1. The van der Waals surface area contributed by atoms with Crippen LogP contribution in [-0.2, 0) is 19.0 Å². The molecule has 0 aromatic rings. The molecule has 1 atom stereocenters. The Hall–Kier alpha value is -0.650. The smallest absolute Gasteiger partial charge is 0.325 e. The van der Waals surface area contributed by atoms with E-state index in [1.807, 2.05) is 6.92 Å². The van der Waals surface area contributed by atoms with Gasteiger partial charge in [0.2, 0.25) is 0 Å². The van der Waals surface area contributed by atoms with Crippen LogP contribution in [0.25, 0.3) is 0 Å². The number of ether oxygens (including phenoxy) is 3. The summed E-state index contributed by atoms with van der Waals surface area (Å²) in [5, 5.41) is 3.02. The Morgan fingerprint density at radius 2 is 1.80 bits per heavy atom. The average Bonchev–Trinajstić information content (AvgIpc) is 2.43. The number of esters is 1. The average molecular weight is 289 g/mol. The summed E-state index contributed by atoms with van der Waals surface area (Å²) in [4.78, 5) is 11.6. The monoisotopic (exact) mass is 289 g/mol. The molecule has 0 bridgehead atoms. The maximum atomic E-state index is 11.6. The van der Waals surface area contributed by atoms with E-state index < -0.39 is 5.54 Å². The van der Waals surface area contributed by atoms with Gasteiger partial charge in [-0.05, 0) is 39.2 Å². The van der Waals surface area contributed by atoms with Crippen LogP contribution in [0.1, 0.15) is 40.0 Å². The highest BCUT2D eigenvalue weighted by Crippen LogP contribution is 2.15. The normalized spacial score (nSPS) is 14.3. The van der Waals surface area contributed by atoms with Gasteiger partial charge in [0.05, 0.1) is 20.3 Å². The van der Waals surface area contributed by atoms with Crippen LogP contribution in [0.5, 0.6) is 0 Å². The summed E-state index contributed by atoms with van der Waals surface area (Å²) in [6.45, 7) is 8.87. The first-order valence-corrected chi connectivity index (χ1v) is 7.39. The minimum absolute atomic E-state index is 0.219. The molecule has 1 unspecified atom stereocenters. The van der Waals surface area contributed by atoms with Crippen molar-refractivity contribution >= 4 is 5.97 Å². The molecule has 5 nitrogen and oxygen atoms in total. The van der Waals surface area contributed by atoms with Crippen LogP contribution >= 0.6 is 0 Å². The highest BCUT2D eigenvalue weighted by atomic mass is 16.5. The Kier molecular flexibility index (Phi) is 10.7. The third-order valence-corrected chi connectivity index (χ3v) is 3.23. The van der Waals surface area contributed by atoms with E-state index in [0.29, 0.717) is 25.7 Å². The van der Waals surface area contributed by atoms with Crippen molar-refractivity contribution in [1.29, 1.82) is 0 Å². The van der Waals surface area contributed by atoms with Gasteiger partial charge in [0.15, 0.2) is 0 Å². The molecule has 0 saturated carbocycles. The summed E-state index contributed by atoms with van der Waals surface area (Å²) >= 11 is 0. The van der Waals surface area contributed by atoms with Gasteiger partial charge in [-0.3, -0.25) is 4.79 Å². The van der Waals surface area contributed by atoms with Crippen LogP contribution in [0, 0.1) is 5.92 Å². The molecular weight excluding hydrogens is 258 g/mol. The van der Waals surface area contributed by atoms with Crippen molar-refractivity contribution in [3.63, 3.8) is 0 Å². The summed E-state index contributed by atoms with van der Waals surface area (Å²) in [6.07, 6.45) is 2.58. The van der Waals surface area contributed by atoms with Crippen molar-refractivity contribution in [1.82, 2.24) is 5.32 Å². The molecular formula is C15H31NO4. The first-order valence-electron chi connectivity index (χ1n) is 7.39. The molecule has 0 aliphatic carbocycles. The zero-order valence-corrected chi connectivity index (χ0v) is 13.7. The second-order valence-electron chi connectivity index (χ2n) is 5.61. The number of carbonyl (C=O) groups is 1. The number of carbonyl (C=O) groups excluding carboxylic acids is 1. The number of likely N-dealkylation sites (N-methyl/N-ethyl adjacent to an activating group) is 1. The van der Waals surface area contributed by atoms with E-state index in [0.717, 1.165) is 25.9 Å². The van der Waals surface area contributed by atoms with Crippen LogP contribution in [-0.4, -0.2) is 52.1 Å². The lowest BCUT2D eigenvalue weighted by molar-refractivity contribution is -0.148. The lowest BCUT2D eigenvalue weighted by Gasteiger charge is -2.25. The predicted molar refractivity (Wildman–Crippen MR) is 79.8 cm³/mol. The molecule has 120 valence electrons. The Morgan fingerprint density at radius 3 is 2.35 bits per heavy atom. The fourth-order valence-electron chi connectivity index (χ4n) is 1.78. The Morgan fingerprint density at radius 1 is 1.15 bits per heavy atom. The van der Waals surface area contributed by atoms with Crippen molar-refractivity contribution in [2.24, 2.45) is 5.92 Å². The van der Waals surface area contributed by atoms with E-state index in [4.69, 9.17) is 14.2 Å². The number of rotatable bonds is 12. The molecule has 0 radical (unpaired) electrons. The zero-order valence-electron chi connectivity index (χ0n) is 13.7. The van der Waals surface area contributed by atoms with Gasteiger partial charge in [0, 0.05) is 13.2 Å². The molecule has 0 fully saturated rings. The van der Waals surface area contributed by atoms with E-state index in [-0.39, 0.29) is 5.97 Å². The molecule has 0 spiro atoms. The van der Waals surface area contributed by atoms with Gasteiger partial charge in [0.1, 0.15) is 5.54 Å². The largest absolute Gasteiger partial charge is 0.468 e. The second-order valence-corrected chi connectivity index (χ2v) is 5.61. The van der Waals surface area contributed by atoms with Crippen LogP contribution in [0.3, 0.4) is 0 Å². The van der Waals surface area contributed by atoms with E-state index in [9.17, 15) is 4.79 Å². The summed E-state index contributed by atoms with van der Waals surface area (Å²) < 4.78 is 15.7. The van der Waals surface area contributed by atoms with Crippen LogP contribution in [0.2, 0.25) is 0 Å². The van der Waals surface area contributed by atoms with Gasteiger partial charge in [-0.15, -0.1) is 0 Å². The maximum Gasteiger partial charge on any atom is 0.325 e. The SMILES string of the molecule is CNC(C)(CCCCOCCOCC(C)C)C(=O)OC. The Labute approximate surface area is 123 Å². The van der Waals surface area contributed by atoms with Gasteiger partial charge in [-0.2, -0.15) is 0 Å². The van der Waals surface area contributed by atoms with Crippen molar-refractivity contribution in [2.45, 2.75) is 45.6 Å². The molecule has 0 heterocycles. The number of hydrogen-bond donors (Lipinski definition) is 1. The first-order chi connectivity index (χ1) is 9.46. The number of hydrogen-bond acceptors (Lipinski definition) is 5. The quantitative estimate of drug-likeness (QED) is 0.440. The topological polar surface area (TPSA) is 56.8 Å². The van der Waals surface area contributed by atoms with Crippen LogP contribution in [0.15, 0.2) is 0 Å². The molecule has 1 N–H and O–H groups in total. The second kappa shape index (κ2) is 11.1. The predicted octanol–water partition coefficient (Wildman–Crippen LogP) is 2.00. The highest BCUT2D eigenvalue weighted by molar-refractivity contribution is 5.80. The van der Waals surface area contributed by atoms with Crippen molar-refractivity contribution < 1.29 is 19.0 Å². The fraction of sp³-hybridized carbons (Fsp3) is 0.933. The molecule has 0 aliphatic heterocycles. The molecule has 5 heteroatoms. The fourth-order valence-corrected chi connectivity index (χ4v) is 1.78. The van der Waals surface area contributed by atoms with Gasteiger partial charge < -0.3 is 19.5 Å². The van der Waals surface area contributed by atoms with Gasteiger partial charge in [-0.1, -0.05) is 13.8 Å². The van der Waals surface area contributed by atoms with Crippen LogP contribution < -0.4 is 5.32 Å². The van der Waals surface area contributed by atoms with E-state index in [1.54, 1.807) is 7.05 Å².